The smallest absolute Gasteiger partial charge is 0.240 e. The molecule has 3 heterocycles. The lowest BCUT2D eigenvalue weighted by atomic mass is 10.1. The molecule has 24 heavy (non-hydrogen) atoms. The topological polar surface area (TPSA) is 72.1 Å². The minimum absolute atomic E-state index is 0.275. The number of fused-ring (bicyclic) bond motifs is 1. The van der Waals surface area contributed by atoms with Crippen molar-refractivity contribution in [2.75, 3.05) is 11.4 Å². The number of carbonyl (C=O) groups is 1. The number of rotatable bonds is 3. The number of carbonyl (C=O) groups excluding carboxylic acids is 1. The molecule has 1 aliphatic heterocycles. The average molecular weight is 342 g/mol. The zero-order valence-corrected chi connectivity index (χ0v) is 13.6. The molecule has 4 rings (SSSR count). The number of benzene rings is 1. The molecule has 5 nitrogen and oxygen atoms in total. The molecule has 7 heteroatoms. The van der Waals surface area contributed by atoms with Crippen LogP contribution in [0.2, 0.25) is 0 Å². The van der Waals surface area contributed by atoms with E-state index in [1.807, 2.05) is 10.3 Å². The Bertz CT molecular complexity index is 909. The Balaban J connectivity index is 1.89. The number of halogens is 1. The molecular weight excluding hydrogens is 327 g/mol. The van der Waals surface area contributed by atoms with Crippen molar-refractivity contribution in [3.05, 3.63) is 41.8 Å². The quantitative estimate of drug-likeness (QED) is 0.794. The van der Waals surface area contributed by atoms with Crippen molar-refractivity contribution in [2.45, 2.75) is 18.9 Å². The van der Waals surface area contributed by atoms with E-state index in [2.05, 4.69) is 9.97 Å². The van der Waals surface area contributed by atoms with Crippen LogP contribution in [0, 0.1) is 5.82 Å². The summed E-state index contributed by atoms with van der Waals surface area (Å²) in [5.41, 5.74) is 7.39. The first-order chi connectivity index (χ1) is 11.6. The number of nitrogens with zero attached hydrogens (tertiary/aromatic N) is 3. The standard InChI is InChI=1S/C17H15FN4OS/c18-11-5-3-10(4-6-11)12-8-24-17-14(12)16(20-9-21-17)22-7-1-2-13(22)15(19)23/h3-6,8-9,13H,1-2,7H2,(H2,19,23)/t13-/m1/s1. The third kappa shape index (κ3) is 2.41. The molecule has 0 unspecified atom stereocenters. The first kappa shape index (κ1) is 15.0. The maximum Gasteiger partial charge on any atom is 0.240 e. The number of primary amides is 1. The molecule has 1 amide bonds. The van der Waals surface area contributed by atoms with Gasteiger partial charge in [-0.2, -0.15) is 0 Å². The summed E-state index contributed by atoms with van der Waals surface area (Å²) < 4.78 is 13.2. The summed E-state index contributed by atoms with van der Waals surface area (Å²) >= 11 is 1.51. The zero-order chi connectivity index (χ0) is 16.7. The van der Waals surface area contributed by atoms with E-state index < -0.39 is 0 Å². The highest BCUT2D eigenvalue weighted by Crippen LogP contribution is 2.39. The van der Waals surface area contributed by atoms with E-state index in [0.29, 0.717) is 0 Å². The van der Waals surface area contributed by atoms with Crippen molar-refractivity contribution >= 4 is 33.3 Å². The lowest BCUT2D eigenvalue weighted by Crippen LogP contribution is -2.40. The number of amides is 1. The molecule has 1 atom stereocenters. The van der Waals surface area contributed by atoms with E-state index >= 15 is 0 Å². The highest BCUT2D eigenvalue weighted by Gasteiger charge is 2.32. The SMILES string of the molecule is NC(=O)[C@H]1CCCN1c1ncnc2scc(-c3ccc(F)cc3)c12. The maximum absolute atomic E-state index is 13.2. The van der Waals surface area contributed by atoms with Crippen molar-refractivity contribution in [1.82, 2.24) is 9.97 Å². The van der Waals surface area contributed by atoms with Gasteiger partial charge in [-0.3, -0.25) is 4.79 Å². The molecular formula is C17H15FN4OS. The van der Waals surface area contributed by atoms with Crippen LogP contribution in [0.1, 0.15) is 12.8 Å². The van der Waals surface area contributed by atoms with E-state index in [9.17, 15) is 9.18 Å². The van der Waals surface area contributed by atoms with Gasteiger partial charge >= 0.3 is 0 Å². The first-order valence-electron chi connectivity index (χ1n) is 7.69. The lowest BCUT2D eigenvalue weighted by Gasteiger charge is -2.24. The first-order valence-corrected chi connectivity index (χ1v) is 8.57. The Hall–Kier alpha value is -2.54. The lowest BCUT2D eigenvalue weighted by molar-refractivity contribution is -0.119. The third-order valence-electron chi connectivity index (χ3n) is 4.36. The Morgan fingerprint density at radius 3 is 2.83 bits per heavy atom. The average Bonchev–Trinajstić information content (AvgIpc) is 3.22. The molecule has 122 valence electrons. The van der Waals surface area contributed by atoms with Crippen molar-refractivity contribution < 1.29 is 9.18 Å². The minimum Gasteiger partial charge on any atom is -0.368 e. The predicted octanol–water partition coefficient (Wildman–Crippen LogP) is 2.95. The summed E-state index contributed by atoms with van der Waals surface area (Å²) in [5.74, 6) is 0.114. The van der Waals surface area contributed by atoms with Crippen LogP contribution in [0.5, 0.6) is 0 Å². The minimum atomic E-state index is -0.343. The van der Waals surface area contributed by atoms with E-state index in [1.54, 1.807) is 12.1 Å². The zero-order valence-electron chi connectivity index (χ0n) is 12.8. The second-order valence-corrected chi connectivity index (χ2v) is 6.65. The van der Waals surface area contributed by atoms with E-state index in [1.165, 1.54) is 29.8 Å². The molecule has 3 aromatic rings. The molecule has 2 aromatic heterocycles. The van der Waals surface area contributed by atoms with Gasteiger partial charge in [-0.15, -0.1) is 11.3 Å². The normalized spacial score (nSPS) is 17.5. The number of aromatic nitrogens is 2. The van der Waals surface area contributed by atoms with E-state index in [4.69, 9.17) is 5.73 Å². The third-order valence-corrected chi connectivity index (χ3v) is 5.25. The highest BCUT2D eigenvalue weighted by atomic mass is 32.1. The maximum atomic E-state index is 13.2. The predicted molar refractivity (Wildman–Crippen MR) is 92.4 cm³/mol. The van der Waals surface area contributed by atoms with Gasteiger partial charge in [0.15, 0.2) is 0 Å². The molecule has 1 fully saturated rings. The fraction of sp³-hybridized carbons (Fsp3) is 0.235. The van der Waals surface area contributed by atoms with Crippen LogP contribution < -0.4 is 10.6 Å². The second-order valence-electron chi connectivity index (χ2n) is 5.79. The van der Waals surface area contributed by atoms with E-state index in [0.717, 1.165) is 46.5 Å². The molecule has 1 saturated heterocycles. The monoisotopic (exact) mass is 342 g/mol. The van der Waals surface area contributed by atoms with Gasteiger partial charge in [0, 0.05) is 17.5 Å². The van der Waals surface area contributed by atoms with Crippen LogP contribution in [-0.2, 0) is 4.79 Å². The van der Waals surface area contributed by atoms with Crippen LogP contribution in [-0.4, -0.2) is 28.5 Å². The molecule has 0 saturated carbocycles. The molecule has 0 radical (unpaired) electrons. The van der Waals surface area contributed by atoms with Gasteiger partial charge in [0.25, 0.3) is 0 Å². The van der Waals surface area contributed by atoms with Gasteiger partial charge < -0.3 is 10.6 Å². The molecule has 0 bridgehead atoms. The summed E-state index contributed by atoms with van der Waals surface area (Å²) in [6.07, 6.45) is 3.14. The largest absolute Gasteiger partial charge is 0.368 e. The summed E-state index contributed by atoms with van der Waals surface area (Å²) in [4.78, 5) is 23.3. The number of anilines is 1. The Morgan fingerprint density at radius 1 is 1.29 bits per heavy atom. The van der Waals surface area contributed by atoms with Gasteiger partial charge in [-0.25, -0.2) is 14.4 Å². The highest BCUT2D eigenvalue weighted by molar-refractivity contribution is 7.17. The second kappa shape index (κ2) is 5.83. The fourth-order valence-corrected chi connectivity index (χ4v) is 4.15. The van der Waals surface area contributed by atoms with E-state index in [-0.39, 0.29) is 17.8 Å². The van der Waals surface area contributed by atoms with Gasteiger partial charge in [-0.05, 0) is 30.5 Å². The van der Waals surface area contributed by atoms with Crippen molar-refractivity contribution in [3.63, 3.8) is 0 Å². The van der Waals surface area contributed by atoms with Crippen LogP contribution >= 0.6 is 11.3 Å². The molecule has 0 aliphatic carbocycles. The Morgan fingerprint density at radius 2 is 2.08 bits per heavy atom. The molecule has 2 N–H and O–H groups in total. The summed E-state index contributed by atoms with van der Waals surface area (Å²) in [5, 5.41) is 2.88. The van der Waals surface area contributed by atoms with Crippen molar-refractivity contribution in [3.8, 4) is 11.1 Å². The number of nitrogens with two attached hydrogens (primary N) is 1. The number of hydrogen-bond donors (Lipinski definition) is 1. The number of hydrogen-bond acceptors (Lipinski definition) is 5. The van der Waals surface area contributed by atoms with Gasteiger partial charge in [0.1, 0.15) is 28.8 Å². The van der Waals surface area contributed by atoms with Crippen molar-refractivity contribution in [2.24, 2.45) is 5.73 Å². The van der Waals surface area contributed by atoms with Crippen LogP contribution in [0.25, 0.3) is 21.3 Å². The van der Waals surface area contributed by atoms with Gasteiger partial charge in [0.2, 0.25) is 5.91 Å². The van der Waals surface area contributed by atoms with Crippen LogP contribution in [0.15, 0.2) is 36.0 Å². The van der Waals surface area contributed by atoms with Crippen LogP contribution in [0.3, 0.4) is 0 Å². The number of thiophene rings is 1. The summed E-state index contributed by atoms with van der Waals surface area (Å²) in [7, 11) is 0. The summed E-state index contributed by atoms with van der Waals surface area (Å²) in [6.45, 7) is 0.735. The van der Waals surface area contributed by atoms with Crippen molar-refractivity contribution in [1.29, 1.82) is 0 Å². The molecule has 1 aliphatic rings. The Labute approximate surface area is 141 Å². The van der Waals surface area contributed by atoms with Gasteiger partial charge in [-0.1, -0.05) is 12.1 Å². The fourth-order valence-electron chi connectivity index (χ4n) is 3.24. The van der Waals surface area contributed by atoms with Crippen LogP contribution in [0.4, 0.5) is 10.2 Å². The van der Waals surface area contributed by atoms with Gasteiger partial charge in [0.05, 0.1) is 5.39 Å². The molecule has 0 spiro atoms. The Kier molecular flexibility index (Phi) is 3.65. The summed E-state index contributed by atoms with van der Waals surface area (Å²) in [6, 6.07) is 6.00. The molecule has 1 aromatic carbocycles.